The van der Waals surface area contributed by atoms with Crippen molar-refractivity contribution in [1.82, 2.24) is 4.98 Å². The van der Waals surface area contributed by atoms with Gasteiger partial charge in [0.15, 0.2) is 0 Å². The van der Waals surface area contributed by atoms with Gasteiger partial charge in [0.2, 0.25) is 5.91 Å². The molecule has 1 fully saturated rings. The smallest absolute Gasteiger partial charge is 0.309 e. The topological polar surface area (TPSA) is 158 Å². The second kappa shape index (κ2) is 9.96. The minimum Gasteiger partial charge on any atom is -0.481 e. The van der Waals surface area contributed by atoms with E-state index in [1.165, 1.54) is 11.3 Å². The highest BCUT2D eigenvalue weighted by Gasteiger charge is 2.54. The summed E-state index contributed by atoms with van der Waals surface area (Å²) in [6.45, 7) is -0.190. The molecule has 184 valence electrons. The minimum atomic E-state index is -1.52. The van der Waals surface area contributed by atoms with E-state index in [0.717, 1.165) is 15.6 Å². The molecule has 1 saturated carbocycles. The van der Waals surface area contributed by atoms with E-state index in [9.17, 15) is 24.8 Å². The average molecular weight is 499 g/mol. The van der Waals surface area contributed by atoms with Gasteiger partial charge in [-0.2, -0.15) is 0 Å². The Bertz CT molecular complexity index is 1190. The molecule has 1 atom stereocenters. The molecule has 4 rings (SSSR count). The summed E-state index contributed by atoms with van der Waals surface area (Å²) in [6.07, 6.45) is 3.87. The predicted molar refractivity (Wildman–Crippen MR) is 130 cm³/mol. The fourth-order valence-corrected chi connectivity index (χ4v) is 5.90. The molecule has 11 heteroatoms. The standard InChI is InChI=1S/C24H26N4O6S/c25-14-18(21(29)27-20-12-17-6-11-26-15-19(17)35-20)24(34-28(32)33)9-7-23(8-10-24,22(30)31)13-16-4-2-1-3-5-16/h1-6,11-12,15,18H,7-10,13-14,25H2,(H,27,29)(H,30,31). The zero-order chi connectivity index (χ0) is 25.1. The van der Waals surface area contributed by atoms with Gasteiger partial charge in [-0.15, -0.1) is 21.5 Å². The molecule has 0 bridgehead atoms. The first-order valence-corrected chi connectivity index (χ1v) is 12.0. The van der Waals surface area contributed by atoms with Crippen LogP contribution in [-0.2, 0) is 20.8 Å². The molecule has 1 aromatic carbocycles. The van der Waals surface area contributed by atoms with E-state index in [4.69, 9.17) is 10.6 Å². The highest BCUT2D eigenvalue weighted by atomic mass is 32.1. The largest absolute Gasteiger partial charge is 0.481 e. The molecular weight excluding hydrogens is 472 g/mol. The highest BCUT2D eigenvalue weighted by molar-refractivity contribution is 7.22. The Morgan fingerprint density at radius 3 is 2.54 bits per heavy atom. The lowest BCUT2D eigenvalue weighted by Crippen LogP contribution is -2.55. The molecule has 3 aromatic rings. The first kappa shape index (κ1) is 24.6. The number of nitrogens with zero attached hydrogens (tertiary/aromatic N) is 2. The molecule has 2 heterocycles. The van der Waals surface area contributed by atoms with Gasteiger partial charge in [-0.25, -0.2) is 0 Å². The summed E-state index contributed by atoms with van der Waals surface area (Å²) in [5.74, 6) is -2.51. The number of fused-ring (bicyclic) bond motifs is 1. The molecule has 1 amide bonds. The fourth-order valence-electron chi connectivity index (χ4n) is 4.97. The maximum Gasteiger partial charge on any atom is 0.309 e. The van der Waals surface area contributed by atoms with Crippen LogP contribution in [0.5, 0.6) is 0 Å². The van der Waals surface area contributed by atoms with Crippen molar-refractivity contribution in [2.45, 2.75) is 37.7 Å². The molecule has 1 aliphatic carbocycles. The highest BCUT2D eigenvalue weighted by Crippen LogP contribution is 2.48. The summed E-state index contributed by atoms with van der Waals surface area (Å²) in [6, 6.07) is 12.9. The van der Waals surface area contributed by atoms with E-state index in [2.05, 4.69) is 10.3 Å². The number of pyridine rings is 1. The van der Waals surface area contributed by atoms with Crippen LogP contribution in [0.25, 0.3) is 10.1 Å². The summed E-state index contributed by atoms with van der Waals surface area (Å²) < 4.78 is 0.883. The first-order chi connectivity index (χ1) is 16.8. The normalized spacial score (nSPS) is 22.9. The van der Waals surface area contributed by atoms with Crippen molar-refractivity contribution >= 4 is 38.3 Å². The fraction of sp³-hybridized carbons (Fsp3) is 0.375. The monoisotopic (exact) mass is 498 g/mol. The van der Waals surface area contributed by atoms with Crippen LogP contribution in [0, 0.1) is 21.4 Å². The third-order valence-electron chi connectivity index (χ3n) is 6.91. The predicted octanol–water partition coefficient (Wildman–Crippen LogP) is 3.64. The van der Waals surface area contributed by atoms with Gasteiger partial charge in [0.25, 0.3) is 5.09 Å². The third kappa shape index (κ3) is 5.10. The molecule has 35 heavy (non-hydrogen) atoms. The number of aliphatic carboxylic acids is 1. The van der Waals surface area contributed by atoms with Crippen LogP contribution in [0.1, 0.15) is 31.2 Å². The van der Waals surface area contributed by atoms with Crippen molar-refractivity contribution in [2.75, 3.05) is 11.9 Å². The maximum absolute atomic E-state index is 13.3. The van der Waals surface area contributed by atoms with Crippen molar-refractivity contribution in [2.24, 2.45) is 17.1 Å². The van der Waals surface area contributed by atoms with E-state index < -0.39 is 33.9 Å². The van der Waals surface area contributed by atoms with Crippen LogP contribution in [0.3, 0.4) is 0 Å². The van der Waals surface area contributed by atoms with E-state index >= 15 is 0 Å². The SMILES string of the molecule is NCC(C(=O)Nc1cc2ccncc2s1)C1(O[N+](=O)[O-])CCC(Cc2ccccc2)(C(=O)O)CC1. The van der Waals surface area contributed by atoms with Gasteiger partial charge >= 0.3 is 5.97 Å². The zero-order valence-corrected chi connectivity index (χ0v) is 19.7. The van der Waals surface area contributed by atoms with Crippen LogP contribution in [0.2, 0.25) is 0 Å². The molecular formula is C24H26N4O6S. The minimum absolute atomic E-state index is 0.0126. The molecule has 0 spiro atoms. The van der Waals surface area contributed by atoms with Gasteiger partial charge in [-0.1, -0.05) is 30.3 Å². The number of thiophene rings is 1. The first-order valence-electron chi connectivity index (χ1n) is 11.2. The van der Waals surface area contributed by atoms with Gasteiger partial charge in [-0.3, -0.25) is 14.6 Å². The van der Waals surface area contributed by atoms with Crippen LogP contribution in [0.15, 0.2) is 54.9 Å². The van der Waals surface area contributed by atoms with Gasteiger partial charge in [0.1, 0.15) is 5.60 Å². The number of carbonyl (C=O) groups excluding carboxylic acids is 1. The van der Waals surface area contributed by atoms with Crippen LogP contribution in [0.4, 0.5) is 5.00 Å². The van der Waals surface area contributed by atoms with E-state index in [-0.39, 0.29) is 38.6 Å². The number of hydrogen-bond donors (Lipinski definition) is 3. The Hall–Kier alpha value is -3.57. The van der Waals surface area contributed by atoms with Crippen molar-refractivity contribution in [3.8, 4) is 0 Å². The molecule has 4 N–H and O–H groups in total. The molecule has 1 aliphatic rings. The van der Waals surface area contributed by atoms with Gasteiger partial charge < -0.3 is 21.0 Å². The number of aromatic nitrogens is 1. The van der Waals surface area contributed by atoms with Crippen molar-refractivity contribution < 1.29 is 24.6 Å². The molecule has 10 nitrogen and oxygen atoms in total. The summed E-state index contributed by atoms with van der Waals surface area (Å²) in [5, 5.41) is 24.9. The summed E-state index contributed by atoms with van der Waals surface area (Å²) in [7, 11) is 0. The molecule has 2 aromatic heterocycles. The van der Waals surface area contributed by atoms with Gasteiger partial charge in [-0.05, 0) is 55.2 Å². The number of carboxylic acid groups (broad SMARTS) is 1. The number of benzene rings is 1. The second-order valence-corrected chi connectivity index (χ2v) is 10.0. The number of amides is 1. The summed E-state index contributed by atoms with van der Waals surface area (Å²) >= 11 is 1.33. The number of carboxylic acids is 1. The summed E-state index contributed by atoms with van der Waals surface area (Å²) in [5.41, 5.74) is 4.19. The zero-order valence-electron chi connectivity index (χ0n) is 18.9. The Morgan fingerprint density at radius 2 is 1.94 bits per heavy atom. The van der Waals surface area contributed by atoms with E-state index in [0.29, 0.717) is 5.00 Å². The number of nitrogens with two attached hydrogens (primary N) is 1. The average Bonchev–Trinajstić information content (AvgIpc) is 3.23. The van der Waals surface area contributed by atoms with Crippen LogP contribution >= 0.6 is 11.3 Å². The van der Waals surface area contributed by atoms with Gasteiger partial charge in [0, 0.05) is 18.9 Å². The quantitative estimate of drug-likeness (QED) is 0.298. The lowest BCUT2D eigenvalue weighted by Gasteiger charge is -2.45. The van der Waals surface area contributed by atoms with E-state index in [1.54, 1.807) is 18.5 Å². The summed E-state index contributed by atoms with van der Waals surface area (Å²) in [4.78, 5) is 46.3. The second-order valence-electron chi connectivity index (χ2n) is 8.93. The molecule has 0 radical (unpaired) electrons. The lowest BCUT2D eigenvalue weighted by molar-refractivity contribution is -0.784. The Kier molecular flexibility index (Phi) is 6.99. The molecule has 0 aliphatic heterocycles. The maximum atomic E-state index is 13.3. The number of nitrogens with one attached hydrogen (secondary N) is 1. The Balaban J connectivity index is 1.57. The lowest BCUT2D eigenvalue weighted by atomic mass is 9.63. The number of carbonyl (C=O) groups is 2. The van der Waals surface area contributed by atoms with Crippen molar-refractivity contribution in [3.05, 3.63) is 70.5 Å². The number of hydrogen-bond acceptors (Lipinski definition) is 8. The number of anilines is 1. The molecule has 0 saturated heterocycles. The van der Waals surface area contributed by atoms with Gasteiger partial charge in [0.05, 0.1) is 21.0 Å². The van der Waals surface area contributed by atoms with E-state index in [1.807, 2.05) is 36.4 Å². The third-order valence-corrected chi connectivity index (χ3v) is 7.91. The Labute approximate surface area is 205 Å². The number of rotatable bonds is 9. The van der Waals surface area contributed by atoms with Crippen LogP contribution < -0.4 is 11.1 Å². The van der Waals surface area contributed by atoms with Crippen molar-refractivity contribution in [3.63, 3.8) is 0 Å². The Morgan fingerprint density at radius 1 is 1.23 bits per heavy atom. The molecule has 1 unspecified atom stereocenters. The van der Waals surface area contributed by atoms with Crippen molar-refractivity contribution in [1.29, 1.82) is 0 Å². The van der Waals surface area contributed by atoms with Crippen LogP contribution in [-0.4, -0.2) is 39.2 Å².